The average Bonchev–Trinajstić information content (AvgIpc) is 3.10. The summed E-state index contributed by atoms with van der Waals surface area (Å²) >= 11 is 0. The maximum Gasteiger partial charge on any atom is 0.323 e. The summed E-state index contributed by atoms with van der Waals surface area (Å²) in [5.41, 5.74) is 9.73. The van der Waals surface area contributed by atoms with Crippen molar-refractivity contribution >= 4 is 29.0 Å². The molecule has 0 aliphatic heterocycles. The first-order valence-electron chi connectivity index (χ1n) is 8.56. The topological polar surface area (TPSA) is 107 Å². The normalized spacial score (nSPS) is 10.6. The van der Waals surface area contributed by atoms with Crippen LogP contribution in [-0.2, 0) is 0 Å². The third-order valence-electron chi connectivity index (χ3n) is 4.24. The first kappa shape index (κ1) is 17.3. The highest BCUT2D eigenvalue weighted by atomic mass is 16.5. The number of amides is 2. The second-order valence-electron chi connectivity index (χ2n) is 6.05. The van der Waals surface area contributed by atoms with E-state index in [0.29, 0.717) is 23.0 Å². The molecular weight excluding hydrogens is 356 g/mol. The summed E-state index contributed by atoms with van der Waals surface area (Å²) < 4.78 is 6.88. The number of carbonyl (C=O) groups excluding carboxylic acids is 1. The number of benzene rings is 2. The SMILES string of the molecule is COc1ccc(NC(=O)Nc2ccc(-c3cccc4nnc(N)n34)cc2)cc1. The Hall–Kier alpha value is -4.07. The number of carbonyl (C=O) groups is 1. The number of aromatic nitrogens is 3. The molecule has 0 fully saturated rings. The number of pyridine rings is 1. The maximum absolute atomic E-state index is 12.2. The Morgan fingerprint density at radius 1 is 0.929 bits per heavy atom. The van der Waals surface area contributed by atoms with Crippen LogP contribution in [0.5, 0.6) is 5.75 Å². The number of anilines is 3. The minimum atomic E-state index is -0.330. The molecule has 28 heavy (non-hydrogen) atoms. The lowest BCUT2D eigenvalue weighted by Crippen LogP contribution is -2.19. The minimum Gasteiger partial charge on any atom is -0.497 e. The molecule has 0 spiro atoms. The van der Waals surface area contributed by atoms with E-state index in [1.165, 1.54) is 0 Å². The van der Waals surface area contributed by atoms with Crippen LogP contribution in [-0.4, -0.2) is 27.7 Å². The zero-order valence-electron chi connectivity index (χ0n) is 15.1. The summed E-state index contributed by atoms with van der Waals surface area (Å²) in [4.78, 5) is 12.2. The number of rotatable bonds is 4. The summed E-state index contributed by atoms with van der Waals surface area (Å²) in [6, 6.07) is 19.9. The summed E-state index contributed by atoms with van der Waals surface area (Å²) in [5.74, 6) is 1.05. The number of methoxy groups -OCH3 is 1. The fourth-order valence-electron chi connectivity index (χ4n) is 2.88. The van der Waals surface area contributed by atoms with Gasteiger partial charge in [0.2, 0.25) is 5.95 Å². The van der Waals surface area contributed by atoms with Gasteiger partial charge in [-0.15, -0.1) is 10.2 Å². The van der Waals surface area contributed by atoms with Gasteiger partial charge in [-0.3, -0.25) is 4.40 Å². The van der Waals surface area contributed by atoms with Gasteiger partial charge in [0.25, 0.3) is 0 Å². The number of ether oxygens (including phenoxy) is 1. The summed E-state index contributed by atoms with van der Waals surface area (Å²) in [6.07, 6.45) is 0. The van der Waals surface area contributed by atoms with Gasteiger partial charge < -0.3 is 21.1 Å². The van der Waals surface area contributed by atoms with Crippen molar-refractivity contribution in [2.45, 2.75) is 0 Å². The Bertz CT molecular complexity index is 1120. The van der Waals surface area contributed by atoms with Crippen molar-refractivity contribution in [2.75, 3.05) is 23.5 Å². The first-order valence-corrected chi connectivity index (χ1v) is 8.56. The standard InChI is InChI=1S/C20H18N6O2/c1-28-16-11-9-15(10-12-16)23-20(27)22-14-7-5-13(6-8-14)17-3-2-4-18-24-25-19(21)26(17)18/h2-12H,1H3,(H2,21,25)(H2,22,23,27). The summed E-state index contributed by atoms with van der Waals surface area (Å²) in [6.45, 7) is 0. The van der Waals surface area contributed by atoms with Crippen LogP contribution >= 0.6 is 0 Å². The van der Waals surface area contributed by atoms with Crippen LogP contribution < -0.4 is 21.1 Å². The van der Waals surface area contributed by atoms with Gasteiger partial charge in [0.15, 0.2) is 5.65 Å². The van der Waals surface area contributed by atoms with E-state index in [9.17, 15) is 4.79 Å². The molecule has 2 amide bonds. The van der Waals surface area contributed by atoms with Gasteiger partial charge >= 0.3 is 6.03 Å². The Balaban J connectivity index is 1.48. The number of hydrogen-bond acceptors (Lipinski definition) is 5. The smallest absolute Gasteiger partial charge is 0.323 e. The lowest BCUT2D eigenvalue weighted by Gasteiger charge is -2.10. The molecule has 0 aliphatic carbocycles. The van der Waals surface area contributed by atoms with Crippen LogP contribution in [0, 0.1) is 0 Å². The molecule has 8 heteroatoms. The monoisotopic (exact) mass is 374 g/mol. The van der Waals surface area contributed by atoms with E-state index in [2.05, 4.69) is 20.8 Å². The van der Waals surface area contributed by atoms with Crippen LogP contribution in [0.4, 0.5) is 22.1 Å². The number of hydrogen-bond donors (Lipinski definition) is 3. The van der Waals surface area contributed by atoms with Gasteiger partial charge in [-0.05, 0) is 54.1 Å². The molecule has 2 aromatic carbocycles. The minimum absolute atomic E-state index is 0.326. The molecule has 4 aromatic rings. The van der Waals surface area contributed by atoms with E-state index in [4.69, 9.17) is 10.5 Å². The molecule has 140 valence electrons. The molecule has 0 saturated carbocycles. The fraction of sp³-hybridized carbons (Fsp3) is 0.0500. The van der Waals surface area contributed by atoms with Gasteiger partial charge in [-0.1, -0.05) is 18.2 Å². The molecule has 0 atom stereocenters. The van der Waals surface area contributed by atoms with Gasteiger partial charge in [-0.25, -0.2) is 4.79 Å². The van der Waals surface area contributed by atoms with Crippen molar-refractivity contribution in [1.29, 1.82) is 0 Å². The zero-order chi connectivity index (χ0) is 19.5. The summed E-state index contributed by atoms with van der Waals surface area (Å²) in [7, 11) is 1.59. The summed E-state index contributed by atoms with van der Waals surface area (Å²) in [5, 5.41) is 13.5. The third kappa shape index (κ3) is 3.43. The molecule has 8 nitrogen and oxygen atoms in total. The van der Waals surface area contributed by atoms with E-state index < -0.39 is 0 Å². The average molecular weight is 374 g/mol. The lowest BCUT2D eigenvalue weighted by molar-refractivity contribution is 0.262. The molecule has 0 bridgehead atoms. The zero-order valence-corrected chi connectivity index (χ0v) is 15.1. The largest absolute Gasteiger partial charge is 0.497 e. The van der Waals surface area contributed by atoms with Crippen LogP contribution in [0.1, 0.15) is 0 Å². The van der Waals surface area contributed by atoms with E-state index in [-0.39, 0.29) is 6.03 Å². The number of urea groups is 1. The van der Waals surface area contributed by atoms with Crippen LogP contribution in [0.25, 0.3) is 16.9 Å². The highest BCUT2D eigenvalue weighted by Crippen LogP contribution is 2.24. The number of fused-ring (bicyclic) bond motifs is 1. The van der Waals surface area contributed by atoms with Crippen molar-refractivity contribution in [3.63, 3.8) is 0 Å². The Labute approximate surface area is 161 Å². The van der Waals surface area contributed by atoms with Crippen molar-refractivity contribution < 1.29 is 9.53 Å². The van der Waals surface area contributed by atoms with Crippen molar-refractivity contribution in [3.05, 3.63) is 66.7 Å². The number of nitrogens with zero attached hydrogens (tertiary/aromatic N) is 3. The van der Waals surface area contributed by atoms with E-state index in [1.54, 1.807) is 35.8 Å². The highest BCUT2D eigenvalue weighted by molar-refractivity contribution is 5.99. The van der Waals surface area contributed by atoms with Gasteiger partial charge in [0, 0.05) is 11.4 Å². The number of nitrogens with one attached hydrogen (secondary N) is 2. The molecule has 2 aromatic heterocycles. The van der Waals surface area contributed by atoms with Crippen LogP contribution in [0.3, 0.4) is 0 Å². The number of nitrogens with two attached hydrogens (primary N) is 1. The first-order chi connectivity index (χ1) is 13.6. The third-order valence-corrected chi connectivity index (χ3v) is 4.24. The predicted octanol–water partition coefficient (Wildman–Crippen LogP) is 3.63. The molecule has 0 unspecified atom stereocenters. The number of nitrogen functional groups attached to an aromatic ring is 1. The lowest BCUT2D eigenvalue weighted by atomic mass is 10.1. The van der Waals surface area contributed by atoms with Crippen LogP contribution in [0.2, 0.25) is 0 Å². The second-order valence-corrected chi connectivity index (χ2v) is 6.05. The maximum atomic E-state index is 12.2. The Kier molecular flexibility index (Phi) is 4.51. The van der Waals surface area contributed by atoms with Crippen LogP contribution in [0.15, 0.2) is 66.7 Å². The fourth-order valence-corrected chi connectivity index (χ4v) is 2.88. The van der Waals surface area contributed by atoms with Gasteiger partial charge in [-0.2, -0.15) is 0 Å². The van der Waals surface area contributed by atoms with E-state index in [0.717, 1.165) is 17.0 Å². The Morgan fingerprint density at radius 2 is 1.57 bits per heavy atom. The quantitative estimate of drug-likeness (QED) is 0.506. The van der Waals surface area contributed by atoms with Crippen molar-refractivity contribution in [2.24, 2.45) is 0 Å². The van der Waals surface area contributed by atoms with E-state index in [1.807, 2.05) is 42.5 Å². The molecule has 0 saturated heterocycles. The van der Waals surface area contributed by atoms with Crippen molar-refractivity contribution in [3.8, 4) is 17.0 Å². The van der Waals surface area contributed by atoms with Crippen molar-refractivity contribution in [1.82, 2.24) is 14.6 Å². The predicted molar refractivity (Wildman–Crippen MR) is 108 cm³/mol. The molecule has 0 radical (unpaired) electrons. The van der Waals surface area contributed by atoms with E-state index >= 15 is 0 Å². The molecule has 4 rings (SSSR count). The van der Waals surface area contributed by atoms with Gasteiger partial charge in [0.1, 0.15) is 5.75 Å². The second kappa shape index (κ2) is 7.28. The molecule has 0 aliphatic rings. The molecule has 4 N–H and O–H groups in total. The molecule has 2 heterocycles. The van der Waals surface area contributed by atoms with Gasteiger partial charge in [0.05, 0.1) is 12.8 Å². The Morgan fingerprint density at radius 3 is 2.21 bits per heavy atom. The molecular formula is C20H18N6O2. The highest BCUT2D eigenvalue weighted by Gasteiger charge is 2.09.